The zero-order valence-corrected chi connectivity index (χ0v) is 24.7. The summed E-state index contributed by atoms with van der Waals surface area (Å²) in [6.45, 7) is 3.05. The maximum atomic E-state index is 14.0. The molecule has 1 aliphatic rings. The van der Waals surface area contributed by atoms with Crippen LogP contribution in [0.25, 0.3) is 0 Å². The van der Waals surface area contributed by atoms with Crippen LogP contribution in [0, 0.1) is 5.82 Å². The second-order valence-corrected chi connectivity index (χ2v) is 12.3. The van der Waals surface area contributed by atoms with Gasteiger partial charge in [-0.15, -0.1) is 0 Å². The van der Waals surface area contributed by atoms with E-state index in [-0.39, 0.29) is 49.0 Å². The van der Waals surface area contributed by atoms with Crippen molar-refractivity contribution in [3.8, 4) is 0 Å². The van der Waals surface area contributed by atoms with Crippen LogP contribution in [0.15, 0.2) is 89.8 Å². The molecule has 1 saturated heterocycles. The number of piperidine rings is 1. The lowest BCUT2D eigenvalue weighted by molar-refractivity contribution is -0.140. The Kier molecular flexibility index (Phi) is 11.2. The Labute approximate surface area is 247 Å². The lowest BCUT2D eigenvalue weighted by Gasteiger charge is -2.39. The van der Waals surface area contributed by atoms with E-state index in [0.29, 0.717) is 44.5 Å². The quantitative estimate of drug-likeness (QED) is 0.291. The summed E-state index contributed by atoms with van der Waals surface area (Å²) in [6, 6.07) is 23.5. The number of likely N-dealkylation sites (tertiary alicyclic amines) is 1. The molecule has 8 nitrogen and oxygen atoms in total. The van der Waals surface area contributed by atoms with Crippen LogP contribution in [-0.4, -0.2) is 73.2 Å². The van der Waals surface area contributed by atoms with E-state index in [1.54, 1.807) is 40.1 Å². The molecule has 2 amide bonds. The van der Waals surface area contributed by atoms with Gasteiger partial charge < -0.3 is 14.5 Å². The van der Waals surface area contributed by atoms with Crippen LogP contribution in [-0.2, 0) is 37.5 Å². The molecule has 1 aliphatic heterocycles. The van der Waals surface area contributed by atoms with Crippen molar-refractivity contribution in [2.24, 2.45) is 0 Å². The van der Waals surface area contributed by atoms with Gasteiger partial charge in [0, 0.05) is 32.2 Å². The number of nitrogens with zero attached hydrogens (tertiary/aromatic N) is 3. The molecule has 42 heavy (non-hydrogen) atoms. The molecule has 0 saturated carbocycles. The number of rotatable bonds is 13. The molecule has 0 atom stereocenters. The molecule has 224 valence electrons. The van der Waals surface area contributed by atoms with Gasteiger partial charge in [-0.1, -0.05) is 67.6 Å². The molecule has 4 rings (SSSR count). The van der Waals surface area contributed by atoms with Gasteiger partial charge >= 0.3 is 0 Å². The van der Waals surface area contributed by atoms with Gasteiger partial charge in [0.1, 0.15) is 12.4 Å². The zero-order valence-electron chi connectivity index (χ0n) is 23.9. The third-order valence-corrected chi connectivity index (χ3v) is 9.18. The van der Waals surface area contributed by atoms with Gasteiger partial charge in [0.2, 0.25) is 21.8 Å². The van der Waals surface area contributed by atoms with Crippen LogP contribution in [0.5, 0.6) is 0 Å². The van der Waals surface area contributed by atoms with Gasteiger partial charge in [0.25, 0.3) is 0 Å². The molecule has 0 unspecified atom stereocenters. The number of sulfonamides is 1. The van der Waals surface area contributed by atoms with Crippen LogP contribution in [0.4, 0.5) is 4.39 Å². The number of hydrogen-bond donors (Lipinski definition) is 0. The molecule has 0 bridgehead atoms. The number of ether oxygens (including phenoxy) is 1. The number of halogens is 1. The van der Waals surface area contributed by atoms with E-state index in [1.165, 1.54) is 28.6 Å². The number of hydrogen-bond acceptors (Lipinski definition) is 5. The van der Waals surface area contributed by atoms with E-state index in [0.717, 1.165) is 5.56 Å². The van der Waals surface area contributed by atoms with Gasteiger partial charge in [0.05, 0.1) is 18.0 Å². The molecule has 0 N–H and O–H groups in total. The maximum absolute atomic E-state index is 14.0. The summed E-state index contributed by atoms with van der Waals surface area (Å²) in [4.78, 5) is 30.1. The monoisotopic (exact) mass is 595 g/mol. The number of carbonyl (C=O) groups is 2. The molecule has 0 radical (unpaired) electrons. The molecular formula is C32H38FN3O5S. The Hall–Kier alpha value is -3.60. The minimum Gasteiger partial charge on any atom is -0.367 e. The van der Waals surface area contributed by atoms with Crippen molar-refractivity contribution in [1.82, 2.24) is 14.1 Å². The second kappa shape index (κ2) is 15.0. The lowest BCUT2D eigenvalue weighted by atomic mass is 10.0. The van der Waals surface area contributed by atoms with E-state index < -0.39 is 15.8 Å². The number of benzene rings is 3. The first-order valence-electron chi connectivity index (χ1n) is 14.3. The molecule has 3 aromatic rings. The van der Waals surface area contributed by atoms with Crippen LogP contribution in [0.3, 0.4) is 0 Å². The Balaban J connectivity index is 1.44. The first-order chi connectivity index (χ1) is 20.3. The highest BCUT2D eigenvalue weighted by Crippen LogP contribution is 2.22. The van der Waals surface area contributed by atoms with Crippen LogP contribution >= 0.6 is 0 Å². The van der Waals surface area contributed by atoms with Gasteiger partial charge in [0.15, 0.2) is 0 Å². The predicted molar refractivity (Wildman–Crippen MR) is 158 cm³/mol. The first kappa shape index (κ1) is 31.3. The van der Waals surface area contributed by atoms with E-state index in [2.05, 4.69) is 0 Å². The smallest absolute Gasteiger partial charge is 0.248 e. The molecule has 1 heterocycles. The lowest BCUT2D eigenvalue weighted by Crippen LogP contribution is -2.51. The Morgan fingerprint density at radius 3 is 2.21 bits per heavy atom. The predicted octanol–water partition coefficient (Wildman–Crippen LogP) is 4.46. The Bertz CT molecular complexity index is 1410. The Morgan fingerprint density at radius 2 is 1.57 bits per heavy atom. The van der Waals surface area contributed by atoms with E-state index in [4.69, 9.17) is 4.74 Å². The molecule has 1 fully saturated rings. The average Bonchev–Trinajstić information content (AvgIpc) is 3.00. The number of amides is 2. The average molecular weight is 596 g/mol. The van der Waals surface area contributed by atoms with Crippen molar-refractivity contribution in [3.05, 3.63) is 102 Å². The van der Waals surface area contributed by atoms with Crippen molar-refractivity contribution < 1.29 is 27.1 Å². The molecule has 0 aromatic heterocycles. The molecule has 3 aromatic carbocycles. The fourth-order valence-corrected chi connectivity index (χ4v) is 6.62. The van der Waals surface area contributed by atoms with Crippen LogP contribution in [0.1, 0.15) is 37.3 Å². The fourth-order valence-electron chi connectivity index (χ4n) is 5.12. The van der Waals surface area contributed by atoms with Gasteiger partial charge in [-0.05, 0) is 54.7 Å². The summed E-state index contributed by atoms with van der Waals surface area (Å²) in [7, 11) is -3.89. The second-order valence-electron chi connectivity index (χ2n) is 10.4. The summed E-state index contributed by atoms with van der Waals surface area (Å²) >= 11 is 0. The molecular weight excluding hydrogens is 557 g/mol. The van der Waals surface area contributed by atoms with Gasteiger partial charge in [-0.3, -0.25) is 9.59 Å². The van der Waals surface area contributed by atoms with Gasteiger partial charge in [-0.25, -0.2) is 12.8 Å². The normalized spacial score (nSPS) is 14.2. The molecule has 10 heteroatoms. The highest BCUT2D eigenvalue weighted by atomic mass is 32.2. The van der Waals surface area contributed by atoms with Gasteiger partial charge in [-0.2, -0.15) is 4.31 Å². The summed E-state index contributed by atoms with van der Waals surface area (Å²) in [6.07, 6.45) is 1.57. The van der Waals surface area contributed by atoms with Crippen LogP contribution < -0.4 is 0 Å². The summed E-state index contributed by atoms with van der Waals surface area (Å²) in [5, 5.41) is 0. The maximum Gasteiger partial charge on any atom is 0.248 e. The van der Waals surface area contributed by atoms with E-state index >= 15 is 0 Å². The van der Waals surface area contributed by atoms with Crippen molar-refractivity contribution in [2.75, 3.05) is 32.8 Å². The highest BCUT2D eigenvalue weighted by molar-refractivity contribution is 7.89. The summed E-state index contributed by atoms with van der Waals surface area (Å²) < 4.78 is 47.7. The largest absolute Gasteiger partial charge is 0.367 e. The minimum absolute atomic E-state index is 0.0329. The highest BCUT2D eigenvalue weighted by Gasteiger charge is 2.33. The number of carbonyl (C=O) groups excluding carboxylic acids is 2. The van der Waals surface area contributed by atoms with E-state index in [1.807, 2.05) is 37.3 Å². The fraction of sp³-hybridized carbons (Fsp3) is 0.375. The topological polar surface area (TPSA) is 87.2 Å². The minimum atomic E-state index is -3.89. The SMILES string of the molecule is CCCN(CC(=O)N(Cc1cccc(F)c1)C1CCN(C(=O)COCc2ccccc2)CC1)S(=O)(=O)c1ccccc1. The van der Waals surface area contributed by atoms with Crippen molar-refractivity contribution in [2.45, 2.75) is 50.3 Å². The summed E-state index contributed by atoms with van der Waals surface area (Å²) in [5.41, 5.74) is 1.60. The molecule has 0 aliphatic carbocycles. The van der Waals surface area contributed by atoms with Crippen molar-refractivity contribution >= 4 is 21.8 Å². The Morgan fingerprint density at radius 1 is 0.929 bits per heavy atom. The zero-order chi connectivity index (χ0) is 30.0. The summed E-state index contributed by atoms with van der Waals surface area (Å²) in [5.74, 6) is -0.881. The van der Waals surface area contributed by atoms with Crippen molar-refractivity contribution in [1.29, 1.82) is 0 Å². The van der Waals surface area contributed by atoms with E-state index in [9.17, 15) is 22.4 Å². The standard InChI is InChI=1S/C32H38FN3O5S/c1-2-18-35(42(39,40)30-14-7-4-8-15-30)23-31(37)36(22-27-12-9-13-28(33)21-27)29-16-19-34(20-17-29)32(38)25-41-24-26-10-5-3-6-11-26/h3-15,21,29H,2,16-20,22-25H2,1H3. The molecule has 0 spiro atoms. The third kappa shape index (κ3) is 8.47. The van der Waals surface area contributed by atoms with Crippen molar-refractivity contribution in [3.63, 3.8) is 0 Å². The van der Waals surface area contributed by atoms with Crippen LogP contribution in [0.2, 0.25) is 0 Å². The first-order valence-corrected chi connectivity index (χ1v) is 15.7. The third-order valence-electron chi connectivity index (χ3n) is 7.32.